The standard InChI is InChI=1S/C14H16N4O5/c1-3-7-4-18(12-9(7)11(17-22)15-6-16-12)13-14(2,21)10(20)8(5-19)23-13/h1,4,6,8,10,13,19-22H,5H2,2H3,(H,15,16,17)/t8-,10-,13-,14-/m1/s1. The average molecular weight is 320 g/mol. The highest BCUT2D eigenvalue weighted by molar-refractivity contribution is 5.92. The quantitative estimate of drug-likeness (QED) is 0.367. The van der Waals surface area contributed by atoms with Crippen molar-refractivity contribution in [2.45, 2.75) is 31.0 Å². The van der Waals surface area contributed by atoms with E-state index in [2.05, 4.69) is 15.9 Å². The Morgan fingerprint density at radius 3 is 2.83 bits per heavy atom. The Kier molecular flexibility index (Phi) is 3.71. The molecule has 9 heteroatoms. The molecule has 0 aromatic carbocycles. The molecule has 23 heavy (non-hydrogen) atoms. The third kappa shape index (κ3) is 2.16. The number of fused-ring (bicyclic) bond motifs is 1. The smallest absolute Gasteiger partial charge is 0.167 e. The number of nitrogens with zero attached hydrogens (tertiary/aromatic N) is 3. The fourth-order valence-corrected chi connectivity index (χ4v) is 2.85. The van der Waals surface area contributed by atoms with E-state index in [4.69, 9.17) is 11.2 Å². The summed E-state index contributed by atoms with van der Waals surface area (Å²) in [6.07, 6.45) is 4.93. The fraction of sp³-hybridized carbons (Fsp3) is 0.429. The molecule has 4 atom stereocenters. The molecule has 0 spiro atoms. The molecule has 5 N–H and O–H groups in total. The number of anilines is 1. The normalized spacial score (nSPS) is 30.5. The predicted molar refractivity (Wildman–Crippen MR) is 78.5 cm³/mol. The van der Waals surface area contributed by atoms with Crippen LogP contribution in [0, 0.1) is 12.3 Å². The molecule has 1 saturated heterocycles. The zero-order valence-corrected chi connectivity index (χ0v) is 12.2. The van der Waals surface area contributed by atoms with Crippen molar-refractivity contribution in [1.82, 2.24) is 14.5 Å². The van der Waals surface area contributed by atoms with Crippen molar-refractivity contribution in [3.63, 3.8) is 0 Å². The van der Waals surface area contributed by atoms with E-state index in [1.807, 2.05) is 5.48 Å². The van der Waals surface area contributed by atoms with E-state index in [0.717, 1.165) is 0 Å². The summed E-state index contributed by atoms with van der Waals surface area (Å²) in [5.74, 6) is 2.56. The lowest BCUT2D eigenvalue weighted by Crippen LogP contribution is -2.44. The van der Waals surface area contributed by atoms with Crippen molar-refractivity contribution in [3.8, 4) is 12.3 Å². The molecule has 0 amide bonds. The van der Waals surface area contributed by atoms with Crippen molar-refractivity contribution in [2.75, 3.05) is 12.1 Å². The first kappa shape index (κ1) is 15.7. The van der Waals surface area contributed by atoms with Crippen LogP contribution in [0.1, 0.15) is 18.7 Å². The first-order valence-corrected chi connectivity index (χ1v) is 6.84. The van der Waals surface area contributed by atoms with Gasteiger partial charge in [-0.15, -0.1) is 6.42 Å². The molecule has 2 aromatic heterocycles. The minimum Gasteiger partial charge on any atom is -0.394 e. The van der Waals surface area contributed by atoms with E-state index in [1.165, 1.54) is 24.0 Å². The maximum atomic E-state index is 10.6. The van der Waals surface area contributed by atoms with E-state index in [0.29, 0.717) is 16.6 Å². The van der Waals surface area contributed by atoms with Crippen molar-refractivity contribution in [1.29, 1.82) is 0 Å². The summed E-state index contributed by atoms with van der Waals surface area (Å²) < 4.78 is 7.02. The lowest BCUT2D eigenvalue weighted by atomic mass is 9.96. The number of hydrogen-bond donors (Lipinski definition) is 5. The fourth-order valence-electron chi connectivity index (χ4n) is 2.85. The van der Waals surface area contributed by atoms with Crippen LogP contribution in [0.5, 0.6) is 0 Å². The summed E-state index contributed by atoms with van der Waals surface area (Å²) in [4.78, 5) is 8.00. The van der Waals surface area contributed by atoms with Gasteiger partial charge in [-0.2, -0.15) is 0 Å². The molecule has 0 saturated carbocycles. The molecular weight excluding hydrogens is 304 g/mol. The zero-order valence-electron chi connectivity index (χ0n) is 12.2. The minimum atomic E-state index is -1.68. The highest BCUT2D eigenvalue weighted by Crippen LogP contribution is 2.40. The monoisotopic (exact) mass is 320 g/mol. The zero-order chi connectivity index (χ0) is 16.8. The highest BCUT2D eigenvalue weighted by atomic mass is 16.6. The Morgan fingerprint density at radius 1 is 1.52 bits per heavy atom. The van der Waals surface area contributed by atoms with E-state index >= 15 is 0 Å². The van der Waals surface area contributed by atoms with Crippen LogP contribution < -0.4 is 5.48 Å². The summed E-state index contributed by atoms with van der Waals surface area (Å²) in [6.45, 7) is 0.944. The molecule has 9 nitrogen and oxygen atoms in total. The van der Waals surface area contributed by atoms with Gasteiger partial charge in [0.1, 0.15) is 29.8 Å². The number of aromatic nitrogens is 3. The van der Waals surface area contributed by atoms with Gasteiger partial charge in [0.25, 0.3) is 0 Å². The summed E-state index contributed by atoms with van der Waals surface area (Å²) in [5.41, 5.74) is 0.947. The molecule has 0 radical (unpaired) electrons. The van der Waals surface area contributed by atoms with E-state index in [1.54, 1.807) is 0 Å². The molecule has 1 aliphatic heterocycles. The van der Waals surface area contributed by atoms with E-state index in [-0.39, 0.29) is 5.82 Å². The maximum absolute atomic E-state index is 10.6. The number of terminal acetylenes is 1. The SMILES string of the molecule is C#Cc1cn([C@@H]2O[C@H](CO)[C@@H](O)[C@@]2(C)O)c2ncnc(NO)c12. The molecule has 0 bridgehead atoms. The maximum Gasteiger partial charge on any atom is 0.167 e. The van der Waals surface area contributed by atoms with E-state index in [9.17, 15) is 20.5 Å². The third-order valence-corrected chi connectivity index (χ3v) is 4.06. The first-order chi connectivity index (χ1) is 11.0. The van der Waals surface area contributed by atoms with Crippen LogP contribution in [0.15, 0.2) is 12.5 Å². The van der Waals surface area contributed by atoms with E-state index < -0.39 is 30.6 Å². The van der Waals surface area contributed by atoms with Gasteiger partial charge >= 0.3 is 0 Å². The lowest BCUT2D eigenvalue weighted by Gasteiger charge is -2.27. The van der Waals surface area contributed by atoms with Gasteiger partial charge in [-0.05, 0) is 6.92 Å². The average Bonchev–Trinajstić information content (AvgIpc) is 3.03. The summed E-state index contributed by atoms with van der Waals surface area (Å²) in [6, 6.07) is 0. The van der Waals surface area contributed by atoms with Crippen LogP contribution >= 0.6 is 0 Å². The van der Waals surface area contributed by atoms with Crippen molar-refractivity contribution < 1.29 is 25.3 Å². The summed E-state index contributed by atoms with van der Waals surface area (Å²) >= 11 is 0. The Balaban J connectivity index is 2.20. The molecule has 3 heterocycles. The molecule has 3 rings (SSSR count). The Bertz CT molecular complexity index is 781. The summed E-state index contributed by atoms with van der Waals surface area (Å²) in [7, 11) is 0. The Labute approximate surface area is 131 Å². The van der Waals surface area contributed by atoms with Gasteiger partial charge in [-0.1, -0.05) is 5.92 Å². The van der Waals surface area contributed by atoms with Gasteiger partial charge in [0.15, 0.2) is 12.0 Å². The summed E-state index contributed by atoms with van der Waals surface area (Å²) in [5, 5.41) is 39.5. The van der Waals surface area contributed by atoms with Crippen molar-refractivity contribution >= 4 is 16.9 Å². The largest absolute Gasteiger partial charge is 0.394 e. The number of ether oxygens (including phenoxy) is 1. The van der Waals surface area contributed by atoms with Crippen molar-refractivity contribution in [2.24, 2.45) is 0 Å². The van der Waals surface area contributed by atoms with Gasteiger partial charge < -0.3 is 24.6 Å². The molecule has 122 valence electrons. The number of hydrogen-bond acceptors (Lipinski definition) is 8. The van der Waals surface area contributed by atoms with Crippen LogP contribution in [-0.2, 0) is 4.74 Å². The topological polar surface area (TPSA) is 133 Å². The van der Waals surface area contributed by atoms with Crippen molar-refractivity contribution in [3.05, 3.63) is 18.1 Å². The molecule has 2 aromatic rings. The number of rotatable bonds is 3. The number of aliphatic hydroxyl groups excluding tert-OH is 2. The lowest BCUT2D eigenvalue weighted by molar-refractivity contribution is -0.0948. The number of nitrogens with one attached hydrogen (secondary N) is 1. The van der Waals surface area contributed by atoms with Gasteiger partial charge in [0.05, 0.1) is 17.6 Å². The molecule has 0 aliphatic carbocycles. The van der Waals surface area contributed by atoms with Crippen LogP contribution in [0.4, 0.5) is 5.82 Å². The number of aliphatic hydroxyl groups is 3. The highest BCUT2D eigenvalue weighted by Gasteiger charge is 2.53. The molecule has 1 aliphatic rings. The second kappa shape index (κ2) is 5.45. The Hall–Kier alpha value is -2.22. The van der Waals surface area contributed by atoms with Crippen LogP contribution in [-0.4, -0.2) is 59.5 Å². The van der Waals surface area contributed by atoms with Gasteiger partial charge in [-0.25, -0.2) is 9.97 Å². The Morgan fingerprint density at radius 2 is 2.26 bits per heavy atom. The second-order valence-corrected chi connectivity index (χ2v) is 5.51. The molecule has 0 unspecified atom stereocenters. The van der Waals surface area contributed by atoms with Crippen LogP contribution in [0.25, 0.3) is 11.0 Å². The van der Waals surface area contributed by atoms with Gasteiger partial charge in [0, 0.05) is 6.20 Å². The van der Waals surface area contributed by atoms with Crippen LogP contribution in [0.3, 0.4) is 0 Å². The molecule has 1 fully saturated rings. The van der Waals surface area contributed by atoms with Gasteiger partial charge in [-0.3, -0.25) is 10.7 Å². The minimum absolute atomic E-state index is 0.110. The third-order valence-electron chi connectivity index (χ3n) is 4.06. The van der Waals surface area contributed by atoms with Gasteiger partial charge in [0.2, 0.25) is 0 Å². The second-order valence-electron chi connectivity index (χ2n) is 5.51. The predicted octanol–water partition coefficient (Wildman–Crippen LogP) is -0.785. The molecular formula is C14H16N4O5. The first-order valence-electron chi connectivity index (χ1n) is 6.84. The van der Waals surface area contributed by atoms with Crippen LogP contribution in [0.2, 0.25) is 0 Å².